The number of carbonyl (C=O) groups is 1. The van der Waals surface area contributed by atoms with E-state index in [9.17, 15) is 4.79 Å². The first-order valence-corrected chi connectivity index (χ1v) is 8.86. The Morgan fingerprint density at radius 2 is 1.88 bits per heavy atom. The number of halogens is 1. The van der Waals surface area contributed by atoms with E-state index in [2.05, 4.69) is 0 Å². The van der Waals surface area contributed by atoms with E-state index in [4.69, 9.17) is 21.4 Å². The van der Waals surface area contributed by atoms with Crippen LogP contribution >= 0.6 is 11.6 Å². The topological polar surface area (TPSA) is 52.3 Å². The maximum atomic E-state index is 13.1. The van der Waals surface area contributed by atoms with Gasteiger partial charge in [-0.05, 0) is 42.5 Å². The molecular formula is C19H19ClN4O2. The largest absolute Gasteiger partial charge is 0.378 e. The van der Waals surface area contributed by atoms with Crippen molar-refractivity contribution in [2.45, 2.75) is 0 Å². The molecule has 1 fully saturated rings. The molecule has 1 aromatic carbocycles. The van der Waals surface area contributed by atoms with Crippen molar-refractivity contribution < 1.29 is 9.53 Å². The predicted octanol–water partition coefficient (Wildman–Crippen LogP) is 3.00. The van der Waals surface area contributed by atoms with Crippen LogP contribution in [0.25, 0.3) is 17.1 Å². The highest BCUT2D eigenvalue weighted by atomic mass is 35.5. The zero-order valence-electron chi connectivity index (χ0n) is 14.4. The Kier molecular flexibility index (Phi) is 4.53. The lowest BCUT2D eigenvalue weighted by atomic mass is 10.2. The van der Waals surface area contributed by atoms with Gasteiger partial charge in [0.25, 0.3) is 5.91 Å². The van der Waals surface area contributed by atoms with Gasteiger partial charge in [0.2, 0.25) is 0 Å². The molecule has 0 bridgehead atoms. The summed E-state index contributed by atoms with van der Waals surface area (Å²) in [5, 5.41) is 5.35. The Balaban J connectivity index is 1.79. The Bertz CT molecular complexity index is 923. The van der Waals surface area contributed by atoms with Crippen molar-refractivity contribution in [2.75, 3.05) is 26.3 Å². The maximum Gasteiger partial charge on any atom is 0.272 e. The third-order valence-corrected chi connectivity index (χ3v) is 4.76. The molecule has 0 saturated carbocycles. The van der Waals surface area contributed by atoms with Crippen LogP contribution in [-0.2, 0) is 11.8 Å². The van der Waals surface area contributed by atoms with Crippen LogP contribution in [0, 0.1) is 0 Å². The lowest BCUT2D eigenvalue weighted by Crippen LogP contribution is -2.41. The fourth-order valence-electron chi connectivity index (χ4n) is 3.09. The van der Waals surface area contributed by atoms with Gasteiger partial charge in [0.15, 0.2) is 0 Å². The molecular weight excluding hydrogens is 352 g/mol. The third-order valence-electron chi connectivity index (χ3n) is 4.50. The Labute approximate surface area is 156 Å². The molecule has 2 aromatic heterocycles. The van der Waals surface area contributed by atoms with Crippen LogP contribution in [0.4, 0.5) is 0 Å². The summed E-state index contributed by atoms with van der Waals surface area (Å²) in [5.41, 5.74) is 3.04. The minimum atomic E-state index is -0.0452. The van der Waals surface area contributed by atoms with Gasteiger partial charge in [-0.1, -0.05) is 11.6 Å². The van der Waals surface area contributed by atoms with E-state index in [1.807, 2.05) is 53.0 Å². The fourth-order valence-corrected chi connectivity index (χ4v) is 3.22. The van der Waals surface area contributed by atoms with Gasteiger partial charge in [-0.15, -0.1) is 0 Å². The SMILES string of the molecule is Cn1cccc1-c1cc(C(=O)N2CCOCC2)n(-c2ccc(Cl)cc2)n1. The van der Waals surface area contributed by atoms with Crippen molar-refractivity contribution >= 4 is 17.5 Å². The van der Waals surface area contributed by atoms with E-state index in [1.165, 1.54) is 0 Å². The highest BCUT2D eigenvalue weighted by molar-refractivity contribution is 6.30. The van der Waals surface area contributed by atoms with Gasteiger partial charge in [-0.2, -0.15) is 5.10 Å². The molecule has 3 heterocycles. The number of nitrogens with zero attached hydrogens (tertiary/aromatic N) is 4. The van der Waals surface area contributed by atoms with E-state index < -0.39 is 0 Å². The standard InChI is InChI=1S/C19H19ClN4O2/c1-22-8-2-3-17(22)16-13-18(19(25)23-9-11-26-12-10-23)24(21-16)15-6-4-14(20)5-7-15/h2-8,13H,9-12H2,1H3. The summed E-state index contributed by atoms with van der Waals surface area (Å²) in [6.07, 6.45) is 1.96. The minimum Gasteiger partial charge on any atom is -0.378 e. The van der Waals surface area contributed by atoms with Crippen LogP contribution in [0.5, 0.6) is 0 Å². The molecule has 0 radical (unpaired) electrons. The lowest BCUT2D eigenvalue weighted by Gasteiger charge is -2.26. The first kappa shape index (κ1) is 16.9. The number of morpholine rings is 1. The summed E-state index contributed by atoms with van der Waals surface area (Å²) in [7, 11) is 1.96. The van der Waals surface area contributed by atoms with Gasteiger partial charge >= 0.3 is 0 Å². The second-order valence-electron chi connectivity index (χ2n) is 6.21. The molecule has 134 valence electrons. The number of ether oxygens (including phenoxy) is 1. The number of hydrogen-bond acceptors (Lipinski definition) is 3. The average molecular weight is 371 g/mol. The van der Waals surface area contributed by atoms with Gasteiger partial charge in [0.05, 0.1) is 24.6 Å². The third kappa shape index (κ3) is 3.13. The average Bonchev–Trinajstić information content (AvgIpc) is 3.28. The van der Waals surface area contributed by atoms with E-state index in [1.54, 1.807) is 16.8 Å². The molecule has 0 atom stereocenters. The van der Waals surface area contributed by atoms with Crippen molar-refractivity contribution in [1.82, 2.24) is 19.2 Å². The summed E-state index contributed by atoms with van der Waals surface area (Å²) in [5.74, 6) is -0.0452. The summed E-state index contributed by atoms with van der Waals surface area (Å²) < 4.78 is 9.03. The molecule has 7 heteroatoms. The predicted molar refractivity (Wildman–Crippen MR) is 99.7 cm³/mol. The van der Waals surface area contributed by atoms with Crippen molar-refractivity contribution in [3.05, 3.63) is 59.4 Å². The van der Waals surface area contributed by atoms with Crippen LogP contribution in [-0.4, -0.2) is 51.5 Å². The van der Waals surface area contributed by atoms with Crippen molar-refractivity contribution in [3.63, 3.8) is 0 Å². The van der Waals surface area contributed by atoms with Crippen LogP contribution < -0.4 is 0 Å². The highest BCUT2D eigenvalue weighted by Crippen LogP contribution is 2.24. The number of hydrogen-bond donors (Lipinski definition) is 0. The lowest BCUT2D eigenvalue weighted by molar-refractivity contribution is 0.0297. The van der Waals surface area contributed by atoms with Gasteiger partial charge < -0.3 is 14.2 Å². The minimum absolute atomic E-state index is 0.0452. The summed E-state index contributed by atoms with van der Waals surface area (Å²) in [4.78, 5) is 14.9. The van der Waals surface area contributed by atoms with Crippen molar-refractivity contribution in [1.29, 1.82) is 0 Å². The van der Waals surface area contributed by atoms with Crippen LogP contribution in [0.2, 0.25) is 5.02 Å². The molecule has 26 heavy (non-hydrogen) atoms. The zero-order chi connectivity index (χ0) is 18.1. The van der Waals surface area contributed by atoms with Crippen LogP contribution in [0.1, 0.15) is 10.5 Å². The Morgan fingerprint density at radius 3 is 2.54 bits per heavy atom. The van der Waals surface area contributed by atoms with E-state index >= 15 is 0 Å². The summed E-state index contributed by atoms with van der Waals surface area (Å²) in [6, 6.07) is 13.1. The number of aromatic nitrogens is 3. The summed E-state index contributed by atoms with van der Waals surface area (Å²) >= 11 is 6.01. The molecule has 3 aromatic rings. The van der Waals surface area contributed by atoms with E-state index in [0.717, 1.165) is 17.1 Å². The van der Waals surface area contributed by atoms with Crippen molar-refractivity contribution in [2.24, 2.45) is 7.05 Å². The zero-order valence-corrected chi connectivity index (χ0v) is 15.2. The summed E-state index contributed by atoms with van der Waals surface area (Å²) in [6.45, 7) is 2.30. The van der Waals surface area contributed by atoms with Gasteiger partial charge in [0.1, 0.15) is 11.4 Å². The molecule has 0 N–H and O–H groups in total. The highest BCUT2D eigenvalue weighted by Gasteiger charge is 2.24. The normalized spacial score (nSPS) is 14.6. The number of rotatable bonds is 3. The van der Waals surface area contributed by atoms with Crippen LogP contribution in [0.3, 0.4) is 0 Å². The van der Waals surface area contributed by atoms with E-state index in [0.29, 0.717) is 37.0 Å². The number of amides is 1. The van der Waals surface area contributed by atoms with Gasteiger partial charge in [-0.3, -0.25) is 4.79 Å². The number of benzene rings is 1. The smallest absolute Gasteiger partial charge is 0.272 e. The second kappa shape index (κ2) is 6.97. The molecule has 4 rings (SSSR count). The Morgan fingerprint density at radius 1 is 1.15 bits per heavy atom. The molecule has 1 aliphatic rings. The Hall–Kier alpha value is -2.57. The second-order valence-corrected chi connectivity index (χ2v) is 6.65. The molecule has 6 nitrogen and oxygen atoms in total. The first-order chi connectivity index (χ1) is 12.6. The monoisotopic (exact) mass is 370 g/mol. The van der Waals surface area contributed by atoms with Crippen LogP contribution in [0.15, 0.2) is 48.7 Å². The molecule has 1 aliphatic heterocycles. The fraction of sp³-hybridized carbons (Fsp3) is 0.263. The molecule has 0 aliphatic carbocycles. The van der Waals surface area contributed by atoms with Gasteiger partial charge in [-0.25, -0.2) is 4.68 Å². The molecule has 1 amide bonds. The van der Waals surface area contributed by atoms with E-state index in [-0.39, 0.29) is 5.91 Å². The molecule has 0 spiro atoms. The first-order valence-electron chi connectivity index (χ1n) is 8.48. The quantitative estimate of drug-likeness (QED) is 0.712. The maximum absolute atomic E-state index is 13.1. The molecule has 0 unspecified atom stereocenters. The molecule has 1 saturated heterocycles. The van der Waals surface area contributed by atoms with Crippen molar-refractivity contribution in [3.8, 4) is 17.1 Å². The number of aryl methyl sites for hydroxylation is 1. The number of carbonyl (C=O) groups excluding carboxylic acids is 1. The van der Waals surface area contributed by atoms with Gasteiger partial charge in [0, 0.05) is 31.4 Å².